The summed E-state index contributed by atoms with van der Waals surface area (Å²) in [5, 5.41) is 11.1. The maximum absolute atomic E-state index is 7.94. The van der Waals surface area contributed by atoms with Crippen LogP contribution >= 0.6 is 0 Å². The van der Waals surface area contributed by atoms with Crippen molar-refractivity contribution in [2.75, 3.05) is 27.2 Å². The van der Waals surface area contributed by atoms with Crippen LogP contribution in [0.25, 0.3) is 0 Å². The molecule has 0 saturated heterocycles. The zero-order chi connectivity index (χ0) is 11.4. The van der Waals surface area contributed by atoms with Gasteiger partial charge in [-0.05, 0) is 20.0 Å². The Balaban J connectivity index is 3.96. The van der Waals surface area contributed by atoms with Crippen LogP contribution in [0.1, 0.15) is 27.7 Å². The Bertz CT molecular complexity index is 183. The van der Waals surface area contributed by atoms with Crippen molar-refractivity contribution in [3.63, 3.8) is 0 Å². The molecule has 0 atom stereocenters. The summed E-state index contributed by atoms with van der Waals surface area (Å²) in [6.07, 6.45) is 0. The van der Waals surface area contributed by atoms with Gasteiger partial charge in [0.2, 0.25) is 0 Å². The minimum atomic E-state index is -0.0493. The standard InChI is InChI=1S/C11H25N3/c1-9(2)11(3,4)10(12)13-7-8-14(5)6/h9H,7-8H2,1-6H3,(H2,12,13). The molecule has 0 aliphatic rings. The Morgan fingerprint density at radius 1 is 1.36 bits per heavy atom. The van der Waals surface area contributed by atoms with Gasteiger partial charge in [-0.1, -0.05) is 27.7 Å². The third-order valence-corrected chi connectivity index (χ3v) is 2.95. The zero-order valence-corrected chi connectivity index (χ0v) is 10.4. The molecular weight excluding hydrogens is 174 g/mol. The molecule has 0 rings (SSSR count). The molecule has 0 fully saturated rings. The first-order valence-electron chi connectivity index (χ1n) is 5.26. The lowest BCUT2D eigenvalue weighted by molar-refractivity contribution is 0.347. The molecule has 0 aromatic carbocycles. The minimum Gasteiger partial charge on any atom is -0.372 e. The lowest BCUT2D eigenvalue weighted by Crippen LogP contribution is -2.42. The summed E-state index contributed by atoms with van der Waals surface area (Å²) < 4.78 is 0. The highest BCUT2D eigenvalue weighted by Crippen LogP contribution is 2.25. The van der Waals surface area contributed by atoms with E-state index in [-0.39, 0.29) is 5.41 Å². The lowest BCUT2D eigenvalue weighted by atomic mass is 9.80. The van der Waals surface area contributed by atoms with Crippen molar-refractivity contribution in [3.8, 4) is 0 Å². The molecule has 14 heavy (non-hydrogen) atoms. The Morgan fingerprint density at radius 2 is 1.86 bits per heavy atom. The fourth-order valence-corrected chi connectivity index (χ4v) is 0.921. The van der Waals surface area contributed by atoms with Gasteiger partial charge in [0, 0.05) is 18.5 Å². The molecule has 0 saturated carbocycles. The summed E-state index contributed by atoms with van der Waals surface area (Å²) >= 11 is 0. The summed E-state index contributed by atoms with van der Waals surface area (Å²) in [5.74, 6) is 1.14. The summed E-state index contributed by atoms with van der Waals surface area (Å²) in [7, 11) is 4.08. The lowest BCUT2D eigenvalue weighted by Gasteiger charge is -2.30. The smallest absolute Gasteiger partial charge is 0.0992 e. The van der Waals surface area contributed by atoms with Crippen LogP contribution in [-0.2, 0) is 0 Å². The predicted molar refractivity (Wildman–Crippen MR) is 62.9 cm³/mol. The average Bonchev–Trinajstić information content (AvgIpc) is 2.02. The molecule has 3 nitrogen and oxygen atoms in total. The molecule has 84 valence electrons. The first-order chi connectivity index (χ1) is 6.28. The number of amidine groups is 1. The summed E-state index contributed by atoms with van der Waals surface area (Å²) in [4.78, 5) is 2.11. The maximum Gasteiger partial charge on any atom is 0.0992 e. The van der Waals surface area contributed by atoms with Crippen molar-refractivity contribution >= 4 is 5.84 Å². The largest absolute Gasteiger partial charge is 0.372 e. The van der Waals surface area contributed by atoms with E-state index in [1.165, 1.54) is 0 Å². The van der Waals surface area contributed by atoms with E-state index in [4.69, 9.17) is 5.41 Å². The second-order valence-electron chi connectivity index (χ2n) is 4.98. The number of hydrogen-bond donors (Lipinski definition) is 2. The monoisotopic (exact) mass is 199 g/mol. The fraction of sp³-hybridized carbons (Fsp3) is 0.909. The number of hydrogen-bond acceptors (Lipinski definition) is 2. The van der Waals surface area contributed by atoms with Crippen molar-refractivity contribution in [1.82, 2.24) is 10.2 Å². The van der Waals surface area contributed by atoms with Crippen molar-refractivity contribution in [2.45, 2.75) is 27.7 Å². The Hall–Kier alpha value is -0.570. The van der Waals surface area contributed by atoms with Gasteiger partial charge in [0.05, 0.1) is 5.84 Å². The highest BCUT2D eigenvalue weighted by molar-refractivity contribution is 5.84. The van der Waals surface area contributed by atoms with Crippen molar-refractivity contribution < 1.29 is 0 Å². The molecule has 0 spiro atoms. The van der Waals surface area contributed by atoms with Gasteiger partial charge in [-0.2, -0.15) is 0 Å². The molecule has 2 N–H and O–H groups in total. The molecule has 0 aliphatic heterocycles. The molecule has 0 unspecified atom stereocenters. The quantitative estimate of drug-likeness (QED) is 0.523. The van der Waals surface area contributed by atoms with Crippen LogP contribution in [0.15, 0.2) is 0 Å². The zero-order valence-electron chi connectivity index (χ0n) is 10.4. The van der Waals surface area contributed by atoms with Gasteiger partial charge in [0.25, 0.3) is 0 Å². The topological polar surface area (TPSA) is 39.1 Å². The van der Waals surface area contributed by atoms with Gasteiger partial charge in [-0.3, -0.25) is 5.41 Å². The molecule has 3 heteroatoms. The van der Waals surface area contributed by atoms with Gasteiger partial charge in [-0.15, -0.1) is 0 Å². The van der Waals surface area contributed by atoms with E-state index in [0.717, 1.165) is 13.1 Å². The van der Waals surface area contributed by atoms with Gasteiger partial charge < -0.3 is 10.2 Å². The molecule has 0 aliphatic carbocycles. The van der Waals surface area contributed by atoms with E-state index in [2.05, 4.69) is 37.9 Å². The van der Waals surface area contributed by atoms with E-state index >= 15 is 0 Å². The van der Waals surface area contributed by atoms with Crippen molar-refractivity contribution in [1.29, 1.82) is 5.41 Å². The van der Waals surface area contributed by atoms with Crippen LogP contribution in [0.5, 0.6) is 0 Å². The fourth-order valence-electron chi connectivity index (χ4n) is 0.921. The Kier molecular flexibility index (Phi) is 5.13. The van der Waals surface area contributed by atoms with Crippen LogP contribution in [0, 0.1) is 16.7 Å². The highest BCUT2D eigenvalue weighted by Gasteiger charge is 2.27. The number of nitrogens with zero attached hydrogens (tertiary/aromatic N) is 1. The van der Waals surface area contributed by atoms with Gasteiger partial charge >= 0.3 is 0 Å². The molecule has 0 amide bonds. The van der Waals surface area contributed by atoms with Crippen LogP contribution < -0.4 is 5.32 Å². The van der Waals surface area contributed by atoms with Gasteiger partial charge in [0.15, 0.2) is 0 Å². The Labute approximate surface area is 88.4 Å². The van der Waals surface area contributed by atoms with Crippen LogP contribution in [0.3, 0.4) is 0 Å². The maximum atomic E-state index is 7.94. The highest BCUT2D eigenvalue weighted by atomic mass is 15.1. The first kappa shape index (κ1) is 13.4. The van der Waals surface area contributed by atoms with E-state index in [0.29, 0.717) is 11.8 Å². The van der Waals surface area contributed by atoms with Gasteiger partial charge in [0.1, 0.15) is 0 Å². The van der Waals surface area contributed by atoms with Crippen LogP contribution in [0.4, 0.5) is 0 Å². The first-order valence-corrected chi connectivity index (χ1v) is 5.26. The normalized spacial score (nSPS) is 12.3. The van der Waals surface area contributed by atoms with E-state index in [9.17, 15) is 0 Å². The molecule has 0 bridgehead atoms. The van der Waals surface area contributed by atoms with Gasteiger partial charge in [-0.25, -0.2) is 0 Å². The third-order valence-electron chi connectivity index (χ3n) is 2.95. The average molecular weight is 199 g/mol. The van der Waals surface area contributed by atoms with Crippen LogP contribution in [-0.4, -0.2) is 37.9 Å². The molecule has 0 heterocycles. The van der Waals surface area contributed by atoms with Crippen molar-refractivity contribution in [2.24, 2.45) is 11.3 Å². The number of rotatable bonds is 5. The number of nitrogens with one attached hydrogen (secondary N) is 2. The third kappa shape index (κ3) is 4.09. The molecular formula is C11H25N3. The molecule has 0 aromatic rings. The SMILES string of the molecule is CC(C)C(C)(C)C(=N)NCCN(C)C. The molecule has 0 radical (unpaired) electrons. The predicted octanol–water partition coefficient (Wildman–Crippen LogP) is 1.80. The summed E-state index contributed by atoms with van der Waals surface area (Å²) in [5.41, 5.74) is -0.0493. The van der Waals surface area contributed by atoms with E-state index < -0.39 is 0 Å². The summed E-state index contributed by atoms with van der Waals surface area (Å²) in [6, 6.07) is 0. The second-order valence-corrected chi connectivity index (χ2v) is 4.98. The number of likely N-dealkylation sites (N-methyl/N-ethyl adjacent to an activating group) is 1. The summed E-state index contributed by atoms with van der Waals surface area (Å²) in [6.45, 7) is 10.4. The second kappa shape index (κ2) is 5.35. The molecule has 0 aromatic heterocycles. The van der Waals surface area contributed by atoms with Crippen LogP contribution in [0.2, 0.25) is 0 Å². The van der Waals surface area contributed by atoms with Crippen molar-refractivity contribution in [3.05, 3.63) is 0 Å². The Morgan fingerprint density at radius 3 is 2.21 bits per heavy atom. The van der Waals surface area contributed by atoms with E-state index in [1.807, 2.05) is 14.1 Å². The minimum absolute atomic E-state index is 0.0493. The van der Waals surface area contributed by atoms with E-state index in [1.54, 1.807) is 0 Å².